The molecule has 0 fully saturated rings. The molecular weight excluding hydrogens is 380 g/mol. The van der Waals surface area contributed by atoms with Gasteiger partial charge in [0, 0.05) is 29.1 Å². The molecular formula is C19H17BrN4O. The summed E-state index contributed by atoms with van der Waals surface area (Å²) < 4.78 is 0.900. The SMILES string of the molecule is Cc1ccccc1CNc1ncc(C(=O)Nc2cccc(Br)c2)cn1. The number of nitrogens with one attached hydrogen (secondary N) is 2. The van der Waals surface area contributed by atoms with E-state index >= 15 is 0 Å². The van der Waals surface area contributed by atoms with E-state index in [4.69, 9.17) is 0 Å². The maximum absolute atomic E-state index is 12.2. The van der Waals surface area contributed by atoms with E-state index in [-0.39, 0.29) is 5.91 Å². The molecule has 25 heavy (non-hydrogen) atoms. The zero-order chi connectivity index (χ0) is 17.6. The van der Waals surface area contributed by atoms with Crippen LogP contribution in [0.2, 0.25) is 0 Å². The minimum atomic E-state index is -0.247. The van der Waals surface area contributed by atoms with E-state index < -0.39 is 0 Å². The summed E-state index contributed by atoms with van der Waals surface area (Å²) in [6, 6.07) is 15.5. The molecule has 1 heterocycles. The van der Waals surface area contributed by atoms with Gasteiger partial charge in [0.2, 0.25) is 5.95 Å². The quantitative estimate of drug-likeness (QED) is 0.669. The average molecular weight is 397 g/mol. The zero-order valence-corrected chi connectivity index (χ0v) is 15.2. The highest BCUT2D eigenvalue weighted by Gasteiger charge is 2.08. The molecule has 126 valence electrons. The maximum atomic E-state index is 12.2. The topological polar surface area (TPSA) is 66.9 Å². The normalized spacial score (nSPS) is 10.3. The highest BCUT2D eigenvalue weighted by molar-refractivity contribution is 9.10. The summed E-state index contributed by atoms with van der Waals surface area (Å²) in [6.07, 6.45) is 3.03. The lowest BCUT2D eigenvalue weighted by molar-refractivity contribution is 0.102. The predicted molar refractivity (Wildman–Crippen MR) is 103 cm³/mol. The van der Waals surface area contributed by atoms with Gasteiger partial charge in [0.15, 0.2) is 0 Å². The van der Waals surface area contributed by atoms with Gasteiger partial charge in [-0.2, -0.15) is 0 Å². The van der Waals surface area contributed by atoms with Crippen molar-refractivity contribution in [3.63, 3.8) is 0 Å². The molecule has 2 aromatic carbocycles. The smallest absolute Gasteiger partial charge is 0.258 e. The Kier molecular flexibility index (Phi) is 5.40. The Morgan fingerprint density at radius 2 is 1.84 bits per heavy atom. The van der Waals surface area contributed by atoms with Crippen LogP contribution in [0.4, 0.5) is 11.6 Å². The van der Waals surface area contributed by atoms with Crippen molar-refractivity contribution < 1.29 is 4.79 Å². The lowest BCUT2D eigenvalue weighted by Crippen LogP contribution is -2.13. The number of hydrogen-bond acceptors (Lipinski definition) is 4. The fourth-order valence-corrected chi connectivity index (χ4v) is 2.69. The van der Waals surface area contributed by atoms with Crippen LogP contribution >= 0.6 is 15.9 Å². The summed E-state index contributed by atoms with van der Waals surface area (Å²) >= 11 is 3.38. The summed E-state index contributed by atoms with van der Waals surface area (Å²) in [5.74, 6) is 0.241. The minimum Gasteiger partial charge on any atom is -0.350 e. The number of carbonyl (C=O) groups excluding carboxylic acids is 1. The van der Waals surface area contributed by atoms with Crippen molar-refractivity contribution in [1.29, 1.82) is 0 Å². The summed E-state index contributed by atoms with van der Waals surface area (Å²) in [7, 11) is 0. The highest BCUT2D eigenvalue weighted by atomic mass is 79.9. The molecule has 0 atom stereocenters. The summed E-state index contributed by atoms with van der Waals surface area (Å²) in [6.45, 7) is 2.70. The van der Waals surface area contributed by atoms with Crippen LogP contribution in [0.5, 0.6) is 0 Å². The van der Waals surface area contributed by atoms with Crippen LogP contribution in [0.3, 0.4) is 0 Å². The van der Waals surface area contributed by atoms with Gasteiger partial charge >= 0.3 is 0 Å². The molecule has 0 aliphatic heterocycles. The van der Waals surface area contributed by atoms with Crippen LogP contribution < -0.4 is 10.6 Å². The Labute approximate surface area is 154 Å². The molecule has 2 N–H and O–H groups in total. The van der Waals surface area contributed by atoms with E-state index in [2.05, 4.69) is 55.6 Å². The van der Waals surface area contributed by atoms with Gasteiger partial charge in [-0.15, -0.1) is 0 Å². The molecule has 0 bridgehead atoms. The van der Waals surface area contributed by atoms with Gasteiger partial charge in [-0.05, 0) is 36.2 Å². The molecule has 1 amide bonds. The van der Waals surface area contributed by atoms with E-state index in [1.807, 2.05) is 36.4 Å². The second kappa shape index (κ2) is 7.90. The van der Waals surface area contributed by atoms with E-state index in [0.717, 1.165) is 4.47 Å². The highest BCUT2D eigenvalue weighted by Crippen LogP contribution is 2.16. The van der Waals surface area contributed by atoms with Gasteiger partial charge in [-0.1, -0.05) is 46.3 Å². The lowest BCUT2D eigenvalue weighted by Gasteiger charge is -2.08. The second-order valence-electron chi connectivity index (χ2n) is 5.54. The zero-order valence-electron chi connectivity index (χ0n) is 13.7. The van der Waals surface area contributed by atoms with E-state index in [1.54, 1.807) is 0 Å². The summed E-state index contributed by atoms with van der Waals surface area (Å²) in [4.78, 5) is 20.7. The molecule has 0 saturated carbocycles. The summed E-state index contributed by atoms with van der Waals surface area (Å²) in [5, 5.41) is 5.98. The Morgan fingerprint density at radius 1 is 1.08 bits per heavy atom. The van der Waals surface area contributed by atoms with E-state index in [0.29, 0.717) is 23.7 Å². The number of hydrogen-bond donors (Lipinski definition) is 2. The maximum Gasteiger partial charge on any atom is 0.258 e. The Morgan fingerprint density at radius 3 is 2.56 bits per heavy atom. The molecule has 0 unspecified atom stereocenters. The lowest BCUT2D eigenvalue weighted by atomic mass is 10.1. The van der Waals surface area contributed by atoms with Gasteiger partial charge < -0.3 is 10.6 Å². The Balaban J connectivity index is 1.61. The average Bonchev–Trinajstić information content (AvgIpc) is 2.61. The van der Waals surface area contributed by atoms with Crippen molar-refractivity contribution in [2.45, 2.75) is 13.5 Å². The number of nitrogens with zero attached hydrogens (tertiary/aromatic N) is 2. The molecule has 0 saturated heterocycles. The van der Waals surface area contributed by atoms with Crippen molar-refractivity contribution in [1.82, 2.24) is 9.97 Å². The van der Waals surface area contributed by atoms with Crippen LogP contribution in [-0.4, -0.2) is 15.9 Å². The van der Waals surface area contributed by atoms with Gasteiger partial charge in [-0.25, -0.2) is 9.97 Å². The number of amides is 1. The van der Waals surface area contributed by atoms with Crippen LogP contribution in [0.15, 0.2) is 65.4 Å². The molecule has 3 aromatic rings. The Hall–Kier alpha value is -2.73. The van der Waals surface area contributed by atoms with Crippen LogP contribution in [-0.2, 0) is 6.54 Å². The molecule has 0 aliphatic carbocycles. The molecule has 0 aliphatic rings. The number of carbonyl (C=O) groups is 1. The van der Waals surface area contributed by atoms with Gasteiger partial charge in [-0.3, -0.25) is 4.79 Å². The third-order valence-corrected chi connectivity index (χ3v) is 4.19. The molecule has 0 radical (unpaired) electrons. The first-order chi connectivity index (χ1) is 12.1. The first-order valence-electron chi connectivity index (χ1n) is 7.79. The standard InChI is InChI=1S/C19H17BrN4O/c1-13-5-2-3-6-14(13)10-21-19-22-11-15(12-23-19)18(25)24-17-8-4-7-16(20)9-17/h2-9,11-12H,10H2,1H3,(H,24,25)(H,21,22,23). The van der Waals surface area contributed by atoms with E-state index in [1.165, 1.54) is 23.5 Å². The van der Waals surface area contributed by atoms with Crippen molar-refractivity contribution in [3.8, 4) is 0 Å². The number of benzene rings is 2. The predicted octanol–water partition coefficient (Wildman–Crippen LogP) is 4.41. The molecule has 6 heteroatoms. The number of aryl methyl sites for hydroxylation is 1. The molecule has 5 nitrogen and oxygen atoms in total. The first-order valence-corrected chi connectivity index (χ1v) is 8.58. The third-order valence-electron chi connectivity index (χ3n) is 3.69. The van der Waals surface area contributed by atoms with Gasteiger partial charge in [0.05, 0.1) is 5.56 Å². The van der Waals surface area contributed by atoms with Crippen molar-refractivity contribution >= 4 is 33.5 Å². The number of aromatic nitrogens is 2. The van der Waals surface area contributed by atoms with Crippen molar-refractivity contribution in [2.75, 3.05) is 10.6 Å². The second-order valence-corrected chi connectivity index (χ2v) is 6.46. The van der Waals surface area contributed by atoms with Crippen molar-refractivity contribution in [2.24, 2.45) is 0 Å². The third kappa shape index (κ3) is 4.64. The van der Waals surface area contributed by atoms with Crippen LogP contribution in [0.25, 0.3) is 0 Å². The van der Waals surface area contributed by atoms with Gasteiger partial charge in [0.1, 0.15) is 0 Å². The first kappa shape index (κ1) is 17.1. The summed E-state index contributed by atoms with van der Waals surface area (Å²) in [5.41, 5.74) is 3.50. The van der Waals surface area contributed by atoms with Crippen LogP contribution in [0.1, 0.15) is 21.5 Å². The van der Waals surface area contributed by atoms with Crippen molar-refractivity contribution in [3.05, 3.63) is 82.1 Å². The van der Waals surface area contributed by atoms with Gasteiger partial charge in [0.25, 0.3) is 5.91 Å². The fraction of sp³-hybridized carbons (Fsp3) is 0.105. The van der Waals surface area contributed by atoms with E-state index in [9.17, 15) is 4.79 Å². The number of halogens is 1. The Bertz CT molecular complexity index is 881. The molecule has 1 aromatic heterocycles. The number of rotatable bonds is 5. The van der Waals surface area contributed by atoms with Crippen LogP contribution in [0, 0.1) is 6.92 Å². The molecule has 3 rings (SSSR count). The largest absolute Gasteiger partial charge is 0.350 e. The molecule has 0 spiro atoms. The monoisotopic (exact) mass is 396 g/mol. The fourth-order valence-electron chi connectivity index (χ4n) is 2.29. The number of anilines is 2. The minimum absolute atomic E-state index is 0.247.